The minimum absolute atomic E-state index is 0.269. The van der Waals surface area contributed by atoms with Gasteiger partial charge in [0.25, 0.3) is 0 Å². The van der Waals surface area contributed by atoms with Gasteiger partial charge in [-0.25, -0.2) is 4.98 Å². The van der Waals surface area contributed by atoms with Crippen molar-refractivity contribution in [3.63, 3.8) is 0 Å². The molecule has 1 N–H and O–H groups in total. The van der Waals surface area contributed by atoms with Gasteiger partial charge in [0.2, 0.25) is 0 Å². The van der Waals surface area contributed by atoms with E-state index in [1.807, 2.05) is 19.1 Å². The van der Waals surface area contributed by atoms with Gasteiger partial charge in [-0.15, -0.1) is 0 Å². The molecule has 4 nitrogen and oxygen atoms in total. The standard InChI is InChI=1S/C13H20ClN3O/c1-10-8-17(6-5-16(10)9-11(2)18)12-3-4-15-13(14)7-12/h3-4,7,10-11,18H,5-6,8-9H2,1-2H3. The molecule has 2 rings (SSSR count). The van der Waals surface area contributed by atoms with Crippen molar-refractivity contribution in [1.29, 1.82) is 0 Å². The molecule has 0 amide bonds. The minimum atomic E-state index is -0.269. The topological polar surface area (TPSA) is 39.6 Å². The molecule has 2 heterocycles. The van der Waals surface area contributed by atoms with Gasteiger partial charge in [-0.2, -0.15) is 0 Å². The molecule has 1 aromatic heterocycles. The maximum Gasteiger partial charge on any atom is 0.131 e. The first-order valence-electron chi connectivity index (χ1n) is 6.35. The van der Waals surface area contributed by atoms with E-state index >= 15 is 0 Å². The summed E-state index contributed by atoms with van der Waals surface area (Å²) in [5, 5.41) is 9.99. The van der Waals surface area contributed by atoms with Gasteiger partial charge in [-0.05, 0) is 26.0 Å². The van der Waals surface area contributed by atoms with Gasteiger partial charge in [0.05, 0.1) is 6.10 Å². The average molecular weight is 270 g/mol. The highest BCUT2D eigenvalue weighted by Gasteiger charge is 2.24. The largest absolute Gasteiger partial charge is 0.392 e. The van der Waals surface area contributed by atoms with Crippen LogP contribution < -0.4 is 4.90 Å². The molecule has 0 aliphatic carbocycles. The number of halogens is 1. The summed E-state index contributed by atoms with van der Waals surface area (Å²) in [7, 11) is 0. The molecule has 0 spiro atoms. The third-order valence-corrected chi connectivity index (χ3v) is 3.55. The fraction of sp³-hybridized carbons (Fsp3) is 0.615. The van der Waals surface area contributed by atoms with Crippen LogP contribution in [0.1, 0.15) is 13.8 Å². The number of piperazine rings is 1. The Bertz CT molecular complexity index is 400. The zero-order chi connectivity index (χ0) is 13.1. The van der Waals surface area contributed by atoms with Crippen LogP contribution in [-0.2, 0) is 0 Å². The van der Waals surface area contributed by atoms with Crippen molar-refractivity contribution in [3.05, 3.63) is 23.5 Å². The Morgan fingerprint density at radius 2 is 2.33 bits per heavy atom. The third-order valence-electron chi connectivity index (χ3n) is 3.34. The number of β-amino-alcohol motifs (C(OH)–C–C–N with tert-alkyl or cyclic N) is 1. The van der Waals surface area contributed by atoms with Crippen LogP contribution in [0.5, 0.6) is 0 Å². The number of rotatable bonds is 3. The Morgan fingerprint density at radius 1 is 1.56 bits per heavy atom. The second-order valence-electron chi connectivity index (χ2n) is 4.98. The first kappa shape index (κ1) is 13.6. The number of hydrogen-bond donors (Lipinski definition) is 1. The highest BCUT2D eigenvalue weighted by molar-refractivity contribution is 6.29. The summed E-state index contributed by atoms with van der Waals surface area (Å²) in [6.07, 6.45) is 1.47. The summed E-state index contributed by atoms with van der Waals surface area (Å²) in [4.78, 5) is 8.64. The lowest BCUT2D eigenvalue weighted by Crippen LogP contribution is -2.53. The van der Waals surface area contributed by atoms with E-state index in [1.165, 1.54) is 0 Å². The molecule has 2 atom stereocenters. The van der Waals surface area contributed by atoms with Crippen molar-refractivity contribution in [3.8, 4) is 0 Å². The van der Waals surface area contributed by atoms with Gasteiger partial charge in [-0.1, -0.05) is 11.6 Å². The molecule has 5 heteroatoms. The van der Waals surface area contributed by atoms with E-state index in [2.05, 4.69) is 21.7 Å². The van der Waals surface area contributed by atoms with E-state index in [-0.39, 0.29) is 6.10 Å². The molecule has 1 fully saturated rings. The maximum absolute atomic E-state index is 9.46. The Balaban J connectivity index is 1.99. The highest BCUT2D eigenvalue weighted by Crippen LogP contribution is 2.21. The Morgan fingerprint density at radius 3 is 2.94 bits per heavy atom. The average Bonchev–Trinajstić information content (AvgIpc) is 2.31. The molecule has 1 aliphatic heterocycles. The SMILES string of the molecule is CC(O)CN1CCN(c2ccnc(Cl)c2)CC1C. The molecule has 0 aromatic carbocycles. The van der Waals surface area contributed by atoms with Crippen molar-refractivity contribution >= 4 is 17.3 Å². The first-order valence-corrected chi connectivity index (χ1v) is 6.72. The van der Waals surface area contributed by atoms with Gasteiger partial charge in [0, 0.05) is 44.1 Å². The molecule has 1 aromatic rings. The van der Waals surface area contributed by atoms with E-state index in [4.69, 9.17) is 11.6 Å². The monoisotopic (exact) mass is 269 g/mol. The Kier molecular flexibility index (Phi) is 4.43. The quantitative estimate of drug-likeness (QED) is 0.847. The number of aliphatic hydroxyl groups is 1. The number of pyridine rings is 1. The summed E-state index contributed by atoms with van der Waals surface area (Å²) in [5.41, 5.74) is 1.12. The van der Waals surface area contributed by atoms with Crippen molar-refractivity contribution in [2.75, 3.05) is 31.1 Å². The van der Waals surface area contributed by atoms with E-state index < -0.39 is 0 Å². The van der Waals surface area contributed by atoms with Crippen LogP contribution in [0.2, 0.25) is 5.15 Å². The van der Waals surface area contributed by atoms with Gasteiger partial charge in [0.1, 0.15) is 5.15 Å². The van der Waals surface area contributed by atoms with Gasteiger partial charge < -0.3 is 10.0 Å². The van der Waals surface area contributed by atoms with Crippen LogP contribution >= 0.6 is 11.6 Å². The fourth-order valence-corrected chi connectivity index (χ4v) is 2.60. The van der Waals surface area contributed by atoms with Gasteiger partial charge >= 0.3 is 0 Å². The zero-order valence-corrected chi connectivity index (χ0v) is 11.6. The number of anilines is 1. The predicted molar refractivity (Wildman–Crippen MR) is 74.2 cm³/mol. The van der Waals surface area contributed by atoms with E-state index in [0.717, 1.165) is 31.9 Å². The highest BCUT2D eigenvalue weighted by atomic mass is 35.5. The second kappa shape index (κ2) is 5.87. The lowest BCUT2D eigenvalue weighted by atomic mass is 10.1. The molecule has 100 valence electrons. The summed E-state index contributed by atoms with van der Waals surface area (Å²) >= 11 is 5.92. The number of nitrogens with zero attached hydrogens (tertiary/aromatic N) is 3. The number of hydrogen-bond acceptors (Lipinski definition) is 4. The zero-order valence-electron chi connectivity index (χ0n) is 10.9. The molecular formula is C13H20ClN3O. The smallest absolute Gasteiger partial charge is 0.131 e. The van der Waals surface area contributed by atoms with Gasteiger partial charge in [-0.3, -0.25) is 4.90 Å². The number of aromatic nitrogens is 1. The molecule has 1 saturated heterocycles. The molecular weight excluding hydrogens is 250 g/mol. The molecule has 0 radical (unpaired) electrons. The first-order chi connectivity index (χ1) is 8.56. The second-order valence-corrected chi connectivity index (χ2v) is 5.36. The minimum Gasteiger partial charge on any atom is -0.392 e. The summed E-state index contributed by atoms with van der Waals surface area (Å²) in [5.74, 6) is 0. The van der Waals surface area contributed by atoms with Crippen LogP contribution in [0.25, 0.3) is 0 Å². The lowest BCUT2D eigenvalue weighted by Gasteiger charge is -2.41. The Labute approximate surface area is 113 Å². The van der Waals surface area contributed by atoms with E-state index in [1.54, 1.807) is 6.20 Å². The van der Waals surface area contributed by atoms with Crippen molar-refractivity contribution < 1.29 is 5.11 Å². The maximum atomic E-state index is 9.46. The molecule has 1 aliphatic rings. The van der Waals surface area contributed by atoms with Crippen LogP contribution in [0.15, 0.2) is 18.3 Å². The predicted octanol–water partition coefficient (Wildman–Crippen LogP) is 1.63. The van der Waals surface area contributed by atoms with E-state index in [9.17, 15) is 5.11 Å². The van der Waals surface area contributed by atoms with Crippen LogP contribution in [-0.4, -0.2) is 53.3 Å². The van der Waals surface area contributed by atoms with Crippen molar-refractivity contribution in [1.82, 2.24) is 9.88 Å². The summed E-state index contributed by atoms with van der Waals surface area (Å²) < 4.78 is 0. The molecule has 0 saturated carbocycles. The number of aliphatic hydroxyl groups excluding tert-OH is 1. The van der Waals surface area contributed by atoms with Crippen LogP contribution in [0, 0.1) is 0 Å². The van der Waals surface area contributed by atoms with Crippen LogP contribution in [0.4, 0.5) is 5.69 Å². The molecule has 18 heavy (non-hydrogen) atoms. The summed E-state index contributed by atoms with van der Waals surface area (Å²) in [6.45, 7) is 7.64. The Hall–Kier alpha value is -0.840. The molecule has 2 unspecified atom stereocenters. The van der Waals surface area contributed by atoms with Gasteiger partial charge in [0.15, 0.2) is 0 Å². The normalized spacial score (nSPS) is 23.1. The molecule has 0 bridgehead atoms. The van der Waals surface area contributed by atoms with E-state index in [0.29, 0.717) is 11.2 Å². The third kappa shape index (κ3) is 3.34. The van der Waals surface area contributed by atoms with Crippen LogP contribution in [0.3, 0.4) is 0 Å². The van der Waals surface area contributed by atoms with Crippen molar-refractivity contribution in [2.45, 2.75) is 26.0 Å². The summed E-state index contributed by atoms with van der Waals surface area (Å²) in [6, 6.07) is 4.32. The van der Waals surface area contributed by atoms with Crippen molar-refractivity contribution in [2.24, 2.45) is 0 Å². The lowest BCUT2D eigenvalue weighted by molar-refractivity contribution is 0.0960. The fourth-order valence-electron chi connectivity index (χ4n) is 2.43.